The molecule has 1 aliphatic heterocycles. The lowest BCUT2D eigenvalue weighted by atomic mass is 9.87. The zero-order valence-corrected chi connectivity index (χ0v) is 13.4. The average Bonchev–Trinajstić information content (AvgIpc) is 2.96. The molecule has 0 radical (unpaired) electrons. The second-order valence-electron chi connectivity index (χ2n) is 5.88. The van der Waals surface area contributed by atoms with Crippen LogP contribution in [0.2, 0.25) is 0 Å². The molecule has 5 nitrogen and oxygen atoms in total. The Bertz CT molecular complexity index is 773. The molecule has 0 aliphatic carbocycles. The number of fused-ring (bicyclic) bond motifs is 1. The minimum Gasteiger partial charge on any atom is -0.469 e. The minimum absolute atomic E-state index is 0.291. The van der Waals surface area contributed by atoms with Crippen molar-refractivity contribution in [2.24, 2.45) is 0 Å². The molecule has 2 heterocycles. The van der Waals surface area contributed by atoms with Gasteiger partial charge in [-0.2, -0.15) is 0 Å². The van der Waals surface area contributed by atoms with Crippen LogP contribution in [-0.4, -0.2) is 23.3 Å². The number of carbonyl (C=O) groups excluding carboxylic acids is 2. The maximum Gasteiger partial charge on any atom is 0.264 e. The number of ketones is 1. The third kappa shape index (κ3) is 2.19. The van der Waals surface area contributed by atoms with Gasteiger partial charge in [0.1, 0.15) is 5.76 Å². The molecule has 0 saturated carbocycles. The molecule has 23 heavy (non-hydrogen) atoms. The van der Waals surface area contributed by atoms with Gasteiger partial charge in [0.2, 0.25) is 0 Å². The van der Waals surface area contributed by atoms with Crippen LogP contribution < -0.4 is 4.90 Å². The molecule has 0 unspecified atom stereocenters. The van der Waals surface area contributed by atoms with E-state index in [1.54, 1.807) is 32.0 Å². The molecule has 0 spiro atoms. The molecule has 120 valence electrons. The van der Waals surface area contributed by atoms with Crippen LogP contribution in [0.25, 0.3) is 0 Å². The molecular weight excluding hydrogens is 294 g/mol. The first-order valence-electron chi connectivity index (χ1n) is 7.62. The molecule has 0 bridgehead atoms. The van der Waals surface area contributed by atoms with Gasteiger partial charge in [-0.1, -0.05) is 18.2 Å². The van der Waals surface area contributed by atoms with Gasteiger partial charge in [-0.25, -0.2) is 0 Å². The van der Waals surface area contributed by atoms with Crippen molar-refractivity contribution in [1.29, 1.82) is 0 Å². The number of carbonyl (C=O) groups is 2. The van der Waals surface area contributed by atoms with E-state index in [0.29, 0.717) is 34.7 Å². The number of hydrogen-bond donors (Lipinski definition) is 1. The van der Waals surface area contributed by atoms with Gasteiger partial charge in [0.05, 0.1) is 23.9 Å². The van der Waals surface area contributed by atoms with Crippen molar-refractivity contribution in [2.75, 3.05) is 11.4 Å². The number of benzene rings is 1. The van der Waals surface area contributed by atoms with Gasteiger partial charge < -0.3 is 14.4 Å². The third-order valence-corrected chi connectivity index (χ3v) is 4.41. The van der Waals surface area contributed by atoms with E-state index in [0.717, 1.165) is 0 Å². The van der Waals surface area contributed by atoms with Crippen LogP contribution in [0.15, 0.2) is 34.9 Å². The first kappa shape index (κ1) is 15.5. The van der Waals surface area contributed by atoms with E-state index in [1.807, 2.05) is 13.0 Å². The van der Waals surface area contributed by atoms with E-state index in [1.165, 1.54) is 11.2 Å². The zero-order chi connectivity index (χ0) is 16.8. The molecule has 1 aliphatic rings. The van der Waals surface area contributed by atoms with Crippen LogP contribution in [0.1, 0.15) is 40.6 Å². The molecule has 0 fully saturated rings. The number of anilines is 1. The summed E-state index contributed by atoms with van der Waals surface area (Å²) < 4.78 is 5.25. The Labute approximate surface area is 134 Å². The van der Waals surface area contributed by atoms with E-state index in [-0.39, 0.29) is 12.2 Å². The summed E-state index contributed by atoms with van der Waals surface area (Å²) in [4.78, 5) is 26.9. The number of aryl methyl sites for hydroxylation is 2. The number of hydrogen-bond acceptors (Lipinski definition) is 4. The summed E-state index contributed by atoms with van der Waals surface area (Å²) in [6.45, 7) is 5.76. The van der Waals surface area contributed by atoms with Crippen molar-refractivity contribution >= 4 is 17.4 Å². The summed E-state index contributed by atoms with van der Waals surface area (Å²) in [6, 6.07) is 7.06. The Hall–Kier alpha value is -2.40. The van der Waals surface area contributed by atoms with E-state index in [2.05, 4.69) is 0 Å². The lowest BCUT2D eigenvalue weighted by molar-refractivity contribution is -0.135. The quantitative estimate of drug-likeness (QED) is 0.881. The molecule has 1 aromatic heterocycles. The van der Waals surface area contributed by atoms with Crippen LogP contribution in [-0.2, 0) is 10.4 Å². The Morgan fingerprint density at radius 3 is 2.61 bits per heavy atom. The van der Waals surface area contributed by atoms with Crippen molar-refractivity contribution in [2.45, 2.75) is 32.8 Å². The number of rotatable bonds is 4. The van der Waals surface area contributed by atoms with Gasteiger partial charge >= 0.3 is 0 Å². The van der Waals surface area contributed by atoms with Gasteiger partial charge in [-0.15, -0.1) is 0 Å². The number of amides is 1. The lowest BCUT2D eigenvalue weighted by Crippen LogP contribution is -2.41. The van der Waals surface area contributed by atoms with Crippen LogP contribution in [0.5, 0.6) is 0 Å². The maximum absolute atomic E-state index is 12.7. The van der Waals surface area contributed by atoms with E-state index in [4.69, 9.17) is 4.42 Å². The summed E-state index contributed by atoms with van der Waals surface area (Å²) >= 11 is 0. The number of furan rings is 1. The van der Waals surface area contributed by atoms with Gasteiger partial charge in [-0.05, 0) is 32.4 Å². The summed E-state index contributed by atoms with van der Waals surface area (Å²) in [7, 11) is 0. The van der Waals surface area contributed by atoms with E-state index >= 15 is 0 Å². The molecule has 2 aromatic rings. The number of para-hydroxylation sites is 1. The predicted octanol–water partition coefficient (Wildman–Crippen LogP) is 2.72. The van der Waals surface area contributed by atoms with Gasteiger partial charge in [0.25, 0.3) is 5.91 Å². The van der Waals surface area contributed by atoms with E-state index in [9.17, 15) is 14.7 Å². The predicted molar refractivity (Wildman–Crippen MR) is 85.5 cm³/mol. The fourth-order valence-electron chi connectivity index (χ4n) is 3.30. The number of aliphatic hydroxyl groups is 1. The van der Waals surface area contributed by atoms with E-state index < -0.39 is 11.5 Å². The Kier molecular flexibility index (Phi) is 3.60. The summed E-state index contributed by atoms with van der Waals surface area (Å²) in [5, 5.41) is 11.0. The summed E-state index contributed by atoms with van der Waals surface area (Å²) in [6.07, 6.45) is 1.22. The molecule has 3 rings (SSSR count). The van der Waals surface area contributed by atoms with Crippen LogP contribution in [0.3, 0.4) is 0 Å². The molecule has 1 atom stereocenters. The summed E-state index contributed by atoms with van der Waals surface area (Å²) in [5.41, 5.74) is 0.482. The highest BCUT2D eigenvalue weighted by Crippen LogP contribution is 2.42. The SMILES string of the molecule is CCN1C(=O)[C@@](O)(CC(=O)c2c(C)coc2C)c2ccccc21. The fourth-order valence-corrected chi connectivity index (χ4v) is 3.30. The second kappa shape index (κ2) is 5.35. The van der Waals surface area contributed by atoms with Gasteiger partial charge in [-0.3, -0.25) is 9.59 Å². The number of Topliss-reactive ketones (excluding diaryl/α,β-unsaturated/α-hetero) is 1. The van der Waals surface area contributed by atoms with Crippen LogP contribution in [0.4, 0.5) is 5.69 Å². The second-order valence-corrected chi connectivity index (χ2v) is 5.88. The van der Waals surface area contributed by atoms with Crippen LogP contribution >= 0.6 is 0 Å². The molecule has 5 heteroatoms. The van der Waals surface area contributed by atoms with Gasteiger partial charge in [0.15, 0.2) is 11.4 Å². The number of likely N-dealkylation sites (N-methyl/N-ethyl adjacent to an activating group) is 1. The number of nitrogens with zero attached hydrogens (tertiary/aromatic N) is 1. The van der Waals surface area contributed by atoms with Crippen molar-refractivity contribution in [1.82, 2.24) is 0 Å². The first-order valence-corrected chi connectivity index (χ1v) is 7.62. The summed E-state index contributed by atoms with van der Waals surface area (Å²) in [5.74, 6) is -0.243. The average molecular weight is 313 g/mol. The van der Waals surface area contributed by atoms with Crippen LogP contribution in [0, 0.1) is 13.8 Å². The largest absolute Gasteiger partial charge is 0.469 e. The highest BCUT2D eigenvalue weighted by Gasteiger charge is 2.50. The van der Waals surface area contributed by atoms with Crippen molar-refractivity contribution in [3.8, 4) is 0 Å². The Morgan fingerprint density at radius 2 is 2.00 bits per heavy atom. The molecule has 1 N–H and O–H groups in total. The highest BCUT2D eigenvalue weighted by atomic mass is 16.3. The van der Waals surface area contributed by atoms with Gasteiger partial charge in [0, 0.05) is 12.1 Å². The van der Waals surface area contributed by atoms with Crippen molar-refractivity contribution < 1.29 is 19.1 Å². The smallest absolute Gasteiger partial charge is 0.264 e. The van der Waals surface area contributed by atoms with Crippen molar-refractivity contribution in [3.63, 3.8) is 0 Å². The Balaban J connectivity index is 2.02. The topological polar surface area (TPSA) is 70.8 Å². The molecule has 1 amide bonds. The molecule has 1 aromatic carbocycles. The minimum atomic E-state index is -1.82. The Morgan fingerprint density at radius 1 is 1.30 bits per heavy atom. The van der Waals surface area contributed by atoms with Crippen molar-refractivity contribution in [3.05, 3.63) is 53.0 Å². The molecular formula is C18H19NO4. The fraction of sp³-hybridized carbons (Fsp3) is 0.333. The highest BCUT2D eigenvalue weighted by molar-refractivity contribution is 6.11. The monoisotopic (exact) mass is 313 g/mol. The zero-order valence-electron chi connectivity index (χ0n) is 13.4. The molecule has 0 saturated heterocycles. The standard InChI is InChI=1S/C18H19NO4/c1-4-19-14-8-6-5-7-13(14)18(22,17(19)21)9-15(20)16-11(2)10-23-12(16)3/h5-8,10,22H,4,9H2,1-3H3/t18-/m1/s1. The normalized spacial score (nSPS) is 20.0. The first-order chi connectivity index (χ1) is 10.9. The maximum atomic E-state index is 12.7. The third-order valence-electron chi connectivity index (χ3n) is 4.41. The lowest BCUT2D eigenvalue weighted by Gasteiger charge is -2.22.